The zero-order chi connectivity index (χ0) is 12.8. The van der Waals surface area contributed by atoms with Crippen LogP contribution >= 0.6 is 24.0 Å². The van der Waals surface area contributed by atoms with Gasteiger partial charge in [-0.25, -0.2) is 4.39 Å². The summed E-state index contributed by atoms with van der Waals surface area (Å²) in [5.41, 5.74) is 5.92. The summed E-state index contributed by atoms with van der Waals surface area (Å²) in [7, 11) is 0. The summed E-state index contributed by atoms with van der Waals surface area (Å²) >= 11 is 6.09. The van der Waals surface area contributed by atoms with E-state index in [1.165, 1.54) is 36.0 Å². The Morgan fingerprint density at radius 2 is 2.12 bits per heavy atom. The van der Waals surface area contributed by atoms with Gasteiger partial charge in [-0.05, 0) is 31.2 Å². The molecule has 0 aromatic heterocycles. The fourth-order valence-corrected chi connectivity index (χ4v) is 1.89. The molecular formula is C11H13FN2OS2. The lowest BCUT2D eigenvalue weighted by Gasteiger charge is -2.11. The van der Waals surface area contributed by atoms with Crippen molar-refractivity contribution in [2.24, 2.45) is 5.73 Å². The summed E-state index contributed by atoms with van der Waals surface area (Å²) in [6, 6.07) is 5.61. The Morgan fingerprint density at radius 1 is 1.53 bits per heavy atom. The fraction of sp³-hybridized carbons (Fsp3) is 0.273. The minimum absolute atomic E-state index is 0.155. The van der Waals surface area contributed by atoms with Crippen LogP contribution in [0.15, 0.2) is 24.3 Å². The van der Waals surface area contributed by atoms with E-state index in [1.54, 1.807) is 6.92 Å². The summed E-state index contributed by atoms with van der Waals surface area (Å²) < 4.78 is 12.6. The molecule has 1 atom stereocenters. The Kier molecular flexibility index (Phi) is 5.37. The number of anilines is 1. The molecule has 0 aliphatic heterocycles. The van der Waals surface area contributed by atoms with Gasteiger partial charge >= 0.3 is 0 Å². The molecule has 0 saturated heterocycles. The second-order valence-electron chi connectivity index (χ2n) is 3.42. The maximum atomic E-state index is 12.6. The van der Waals surface area contributed by atoms with Gasteiger partial charge in [0.2, 0.25) is 5.91 Å². The zero-order valence-electron chi connectivity index (χ0n) is 9.27. The smallest absolute Gasteiger partial charge is 0.237 e. The minimum Gasteiger partial charge on any atom is -0.393 e. The molecule has 1 amide bonds. The second kappa shape index (κ2) is 6.56. The number of carbonyl (C=O) groups excluding carboxylic acids is 1. The lowest BCUT2D eigenvalue weighted by atomic mass is 10.3. The van der Waals surface area contributed by atoms with E-state index in [9.17, 15) is 9.18 Å². The van der Waals surface area contributed by atoms with Gasteiger partial charge in [0, 0.05) is 11.4 Å². The monoisotopic (exact) mass is 272 g/mol. The predicted molar refractivity (Wildman–Crippen MR) is 73.7 cm³/mol. The van der Waals surface area contributed by atoms with Crippen molar-refractivity contribution in [3.8, 4) is 0 Å². The Hall–Kier alpha value is -1.14. The molecule has 17 heavy (non-hydrogen) atoms. The molecule has 0 aliphatic rings. The van der Waals surface area contributed by atoms with E-state index in [4.69, 9.17) is 18.0 Å². The van der Waals surface area contributed by atoms with Gasteiger partial charge in [-0.2, -0.15) is 0 Å². The average Bonchev–Trinajstić information content (AvgIpc) is 2.28. The second-order valence-corrected chi connectivity index (χ2v) is 5.27. The maximum Gasteiger partial charge on any atom is 0.237 e. The predicted octanol–water partition coefficient (Wildman–Crippen LogP) is 2.17. The number of thiocarbonyl (C=S) groups is 1. The third kappa shape index (κ3) is 5.14. The molecule has 1 unspecified atom stereocenters. The van der Waals surface area contributed by atoms with Crippen molar-refractivity contribution in [2.45, 2.75) is 12.2 Å². The summed E-state index contributed by atoms with van der Waals surface area (Å²) in [4.78, 5) is 12.1. The normalized spacial score (nSPS) is 11.9. The van der Waals surface area contributed by atoms with Crippen LogP contribution < -0.4 is 11.1 Å². The van der Waals surface area contributed by atoms with E-state index in [-0.39, 0.29) is 17.0 Å². The van der Waals surface area contributed by atoms with E-state index in [0.717, 1.165) is 0 Å². The molecule has 92 valence electrons. The van der Waals surface area contributed by atoms with Crippen molar-refractivity contribution in [1.29, 1.82) is 0 Å². The zero-order valence-corrected chi connectivity index (χ0v) is 10.9. The first-order chi connectivity index (χ1) is 7.99. The number of hydrogen-bond donors (Lipinski definition) is 2. The van der Waals surface area contributed by atoms with Gasteiger partial charge in [0.1, 0.15) is 5.82 Å². The Labute approximate surface area is 109 Å². The van der Waals surface area contributed by atoms with Gasteiger partial charge in [-0.1, -0.05) is 12.2 Å². The highest BCUT2D eigenvalue weighted by Gasteiger charge is 2.13. The molecule has 3 nitrogen and oxygen atoms in total. The molecule has 0 saturated carbocycles. The number of halogens is 1. The molecule has 0 heterocycles. The van der Waals surface area contributed by atoms with Crippen LogP contribution in [-0.4, -0.2) is 21.9 Å². The molecule has 0 spiro atoms. The van der Waals surface area contributed by atoms with Crippen LogP contribution in [0.5, 0.6) is 0 Å². The third-order valence-corrected chi connectivity index (χ3v) is 3.48. The number of thioether (sulfide) groups is 1. The van der Waals surface area contributed by atoms with Crippen LogP contribution in [0.2, 0.25) is 0 Å². The maximum absolute atomic E-state index is 12.6. The van der Waals surface area contributed by atoms with Crippen LogP contribution in [0.25, 0.3) is 0 Å². The first kappa shape index (κ1) is 13.9. The largest absolute Gasteiger partial charge is 0.393 e. The highest BCUT2D eigenvalue weighted by molar-refractivity contribution is 8.02. The van der Waals surface area contributed by atoms with Crippen LogP contribution in [0.3, 0.4) is 0 Å². The topological polar surface area (TPSA) is 55.1 Å². The van der Waals surface area contributed by atoms with Crippen molar-refractivity contribution >= 4 is 40.6 Å². The highest BCUT2D eigenvalue weighted by Crippen LogP contribution is 2.14. The Bertz CT molecular complexity index is 408. The molecule has 3 N–H and O–H groups in total. The third-order valence-electron chi connectivity index (χ3n) is 1.96. The van der Waals surface area contributed by atoms with Crippen LogP contribution in [-0.2, 0) is 4.79 Å². The standard InChI is InChI=1S/C11H13FN2OS2/c1-7(17-6-10(13)16)11(15)14-9-4-2-8(12)3-5-9/h2-5,7H,6H2,1H3,(H2,13,16)(H,14,15). The van der Waals surface area contributed by atoms with E-state index in [2.05, 4.69) is 5.32 Å². The number of amides is 1. The minimum atomic E-state index is -0.334. The first-order valence-electron chi connectivity index (χ1n) is 4.95. The van der Waals surface area contributed by atoms with Gasteiger partial charge in [-0.15, -0.1) is 11.8 Å². The molecule has 0 aliphatic carbocycles. The van der Waals surface area contributed by atoms with Crippen molar-refractivity contribution in [3.63, 3.8) is 0 Å². The molecule has 1 aromatic rings. The van der Waals surface area contributed by atoms with Crippen LogP contribution in [0, 0.1) is 5.82 Å². The van der Waals surface area contributed by atoms with E-state index in [0.29, 0.717) is 16.4 Å². The number of rotatable bonds is 5. The molecule has 0 radical (unpaired) electrons. The number of hydrogen-bond acceptors (Lipinski definition) is 3. The summed E-state index contributed by atoms with van der Waals surface area (Å²) in [6.45, 7) is 1.77. The summed E-state index contributed by atoms with van der Waals surface area (Å²) in [5, 5.41) is 2.42. The van der Waals surface area contributed by atoms with Crippen molar-refractivity contribution in [2.75, 3.05) is 11.1 Å². The Balaban J connectivity index is 2.48. The number of nitrogens with two attached hydrogens (primary N) is 1. The Morgan fingerprint density at radius 3 is 2.65 bits per heavy atom. The fourth-order valence-electron chi connectivity index (χ4n) is 1.06. The molecule has 1 aromatic carbocycles. The molecule has 1 rings (SSSR count). The van der Waals surface area contributed by atoms with Gasteiger partial charge in [-0.3, -0.25) is 4.79 Å². The van der Waals surface area contributed by atoms with Gasteiger partial charge in [0.15, 0.2) is 0 Å². The quantitative estimate of drug-likeness (QED) is 0.807. The van der Waals surface area contributed by atoms with Gasteiger partial charge in [0.05, 0.1) is 10.2 Å². The molecule has 0 bridgehead atoms. The summed E-state index contributed by atoms with van der Waals surface area (Å²) in [6.07, 6.45) is 0. The van der Waals surface area contributed by atoms with E-state index >= 15 is 0 Å². The number of carbonyl (C=O) groups is 1. The lowest BCUT2D eigenvalue weighted by Crippen LogP contribution is -2.24. The summed E-state index contributed by atoms with van der Waals surface area (Å²) in [5.74, 6) is -0.0235. The molecular weight excluding hydrogens is 259 g/mol. The SMILES string of the molecule is CC(SCC(N)=S)C(=O)Nc1ccc(F)cc1. The highest BCUT2D eigenvalue weighted by atomic mass is 32.2. The number of benzene rings is 1. The van der Waals surface area contributed by atoms with Crippen LogP contribution in [0.1, 0.15) is 6.92 Å². The molecule has 6 heteroatoms. The van der Waals surface area contributed by atoms with Crippen molar-refractivity contribution < 1.29 is 9.18 Å². The van der Waals surface area contributed by atoms with E-state index in [1.807, 2.05) is 0 Å². The van der Waals surface area contributed by atoms with Gasteiger partial charge < -0.3 is 11.1 Å². The van der Waals surface area contributed by atoms with Gasteiger partial charge in [0.25, 0.3) is 0 Å². The van der Waals surface area contributed by atoms with Crippen molar-refractivity contribution in [1.82, 2.24) is 0 Å². The molecule has 0 fully saturated rings. The first-order valence-corrected chi connectivity index (χ1v) is 6.41. The van der Waals surface area contributed by atoms with Crippen LogP contribution in [0.4, 0.5) is 10.1 Å². The lowest BCUT2D eigenvalue weighted by molar-refractivity contribution is -0.115. The van der Waals surface area contributed by atoms with Crippen molar-refractivity contribution in [3.05, 3.63) is 30.1 Å². The van der Waals surface area contributed by atoms with E-state index < -0.39 is 0 Å². The number of nitrogens with one attached hydrogen (secondary N) is 1. The average molecular weight is 272 g/mol.